The Morgan fingerprint density at radius 2 is 1.92 bits per heavy atom. The highest BCUT2D eigenvalue weighted by molar-refractivity contribution is 5.82. The highest BCUT2D eigenvalue weighted by Gasteiger charge is 2.52. The van der Waals surface area contributed by atoms with Gasteiger partial charge in [-0.1, -0.05) is 0 Å². The van der Waals surface area contributed by atoms with Crippen LogP contribution in [0.3, 0.4) is 0 Å². The molecule has 64 valence electrons. The molecule has 6 heteroatoms. The van der Waals surface area contributed by atoms with Gasteiger partial charge in [-0.3, -0.25) is 4.79 Å². The number of carboxylic acids is 1. The molecule has 1 aliphatic rings. The number of carbonyl (C=O) groups is 2. The van der Waals surface area contributed by atoms with Crippen molar-refractivity contribution >= 4 is 12.1 Å². The first kappa shape index (κ1) is 8.33. The highest BCUT2D eigenvalue weighted by Crippen LogP contribution is 2.29. The molecule has 1 rings (SSSR count). The zero-order valence-corrected chi connectivity index (χ0v) is 6.02. The van der Waals surface area contributed by atoms with Crippen LogP contribution in [0, 0.1) is 16.7 Å². The largest absolute Gasteiger partial charge is 0.480 e. The van der Waals surface area contributed by atoms with E-state index in [-0.39, 0.29) is 13.1 Å². The van der Waals surface area contributed by atoms with E-state index in [9.17, 15) is 9.59 Å². The fourth-order valence-corrected chi connectivity index (χ4v) is 0.994. The number of aliphatic carboxylic acids is 1. The van der Waals surface area contributed by atoms with Gasteiger partial charge in [-0.25, -0.2) is 4.79 Å². The number of nitriles is 1. The minimum absolute atomic E-state index is 0.242. The van der Waals surface area contributed by atoms with Gasteiger partial charge in [-0.2, -0.15) is 5.26 Å². The van der Waals surface area contributed by atoms with Gasteiger partial charge in [0.25, 0.3) is 0 Å². The average molecular weight is 170 g/mol. The number of rotatable bonds is 1. The van der Waals surface area contributed by atoms with Crippen LogP contribution in [-0.4, -0.2) is 40.3 Å². The van der Waals surface area contributed by atoms with Crippen molar-refractivity contribution in [1.29, 1.82) is 5.26 Å². The topological polar surface area (TPSA) is 102 Å². The summed E-state index contributed by atoms with van der Waals surface area (Å²) < 4.78 is 0. The fourth-order valence-electron chi connectivity index (χ4n) is 0.994. The fraction of sp³-hybridized carbons (Fsp3) is 0.500. The highest BCUT2D eigenvalue weighted by atomic mass is 16.4. The Balaban J connectivity index is 2.66. The van der Waals surface area contributed by atoms with Crippen LogP contribution in [0.1, 0.15) is 0 Å². The molecule has 0 aromatic rings. The Morgan fingerprint density at radius 1 is 1.42 bits per heavy atom. The Hall–Kier alpha value is -1.77. The predicted molar refractivity (Wildman–Crippen MR) is 35.3 cm³/mol. The Bertz CT molecular complexity index is 274. The van der Waals surface area contributed by atoms with Crippen LogP contribution in [0.4, 0.5) is 4.79 Å². The maximum absolute atomic E-state index is 10.5. The smallest absolute Gasteiger partial charge is 0.407 e. The zero-order chi connectivity index (χ0) is 9.35. The van der Waals surface area contributed by atoms with Crippen LogP contribution >= 0.6 is 0 Å². The average Bonchev–Trinajstić information content (AvgIpc) is 1.84. The van der Waals surface area contributed by atoms with Gasteiger partial charge < -0.3 is 15.1 Å². The molecule has 0 saturated carbocycles. The van der Waals surface area contributed by atoms with Gasteiger partial charge in [0.1, 0.15) is 0 Å². The molecule has 0 unspecified atom stereocenters. The third-order valence-electron chi connectivity index (χ3n) is 1.82. The lowest BCUT2D eigenvalue weighted by Gasteiger charge is -2.40. The van der Waals surface area contributed by atoms with E-state index in [1.54, 1.807) is 6.07 Å². The Kier molecular flexibility index (Phi) is 1.65. The normalized spacial score (nSPS) is 19.1. The molecule has 12 heavy (non-hydrogen) atoms. The van der Waals surface area contributed by atoms with Crippen LogP contribution in [0.5, 0.6) is 0 Å². The third-order valence-corrected chi connectivity index (χ3v) is 1.82. The van der Waals surface area contributed by atoms with Gasteiger partial charge in [-0.15, -0.1) is 0 Å². The summed E-state index contributed by atoms with van der Waals surface area (Å²) in [7, 11) is 0. The summed E-state index contributed by atoms with van der Waals surface area (Å²) in [5, 5.41) is 25.4. The van der Waals surface area contributed by atoms with Gasteiger partial charge in [0, 0.05) is 0 Å². The van der Waals surface area contributed by atoms with Crippen LogP contribution in [0.2, 0.25) is 0 Å². The Morgan fingerprint density at radius 3 is 2.17 bits per heavy atom. The lowest BCUT2D eigenvalue weighted by molar-refractivity contribution is -0.152. The monoisotopic (exact) mass is 170 g/mol. The summed E-state index contributed by atoms with van der Waals surface area (Å²) in [6, 6.07) is 1.59. The number of likely N-dealkylation sites (tertiary alicyclic amines) is 1. The van der Waals surface area contributed by atoms with Crippen LogP contribution in [-0.2, 0) is 4.79 Å². The molecule has 0 aromatic carbocycles. The number of hydrogen-bond donors (Lipinski definition) is 2. The Labute approximate surface area is 67.6 Å². The number of carboxylic acid groups (broad SMARTS) is 2. The minimum Gasteiger partial charge on any atom is -0.480 e. The molecule has 1 fully saturated rings. The number of amides is 1. The second kappa shape index (κ2) is 2.37. The molecule has 0 aliphatic carbocycles. The van der Waals surface area contributed by atoms with Gasteiger partial charge in [0.05, 0.1) is 19.2 Å². The molecule has 1 saturated heterocycles. The van der Waals surface area contributed by atoms with E-state index in [4.69, 9.17) is 15.5 Å². The van der Waals surface area contributed by atoms with E-state index in [0.717, 1.165) is 4.90 Å². The maximum Gasteiger partial charge on any atom is 0.407 e. The molecule has 1 aliphatic heterocycles. The summed E-state index contributed by atoms with van der Waals surface area (Å²) in [5.41, 5.74) is -1.52. The molecular weight excluding hydrogens is 164 g/mol. The third kappa shape index (κ3) is 0.955. The molecule has 0 radical (unpaired) electrons. The van der Waals surface area contributed by atoms with Crippen LogP contribution in [0.15, 0.2) is 0 Å². The van der Waals surface area contributed by atoms with E-state index in [1.807, 2.05) is 0 Å². The molecule has 0 aromatic heterocycles. The quantitative estimate of drug-likeness (QED) is 0.556. The number of nitrogens with zero attached hydrogens (tertiary/aromatic N) is 2. The van der Waals surface area contributed by atoms with Crippen molar-refractivity contribution in [2.24, 2.45) is 5.41 Å². The molecule has 1 amide bonds. The number of hydrogen-bond acceptors (Lipinski definition) is 3. The van der Waals surface area contributed by atoms with Crippen molar-refractivity contribution in [3.8, 4) is 6.07 Å². The minimum atomic E-state index is -1.52. The standard InChI is InChI=1S/C6H6N2O4/c7-1-6(4(9)10)2-8(3-6)5(11)12/h2-3H2,(H,9,10)(H,11,12). The lowest BCUT2D eigenvalue weighted by Crippen LogP contribution is -2.61. The molecule has 1 heterocycles. The maximum atomic E-state index is 10.5. The van der Waals surface area contributed by atoms with Gasteiger partial charge in [0.2, 0.25) is 0 Å². The first-order valence-corrected chi connectivity index (χ1v) is 3.14. The van der Waals surface area contributed by atoms with Crippen molar-refractivity contribution in [1.82, 2.24) is 4.90 Å². The van der Waals surface area contributed by atoms with Crippen molar-refractivity contribution < 1.29 is 19.8 Å². The van der Waals surface area contributed by atoms with E-state index in [0.29, 0.717) is 0 Å². The molecule has 0 spiro atoms. The summed E-state index contributed by atoms with van der Waals surface area (Å²) >= 11 is 0. The molecular formula is C6H6N2O4. The summed E-state index contributed by atoms with van der Waals surface area (Å²) in [4.78, 5) is 21.6. The van der Waals surface area contributed by atoms with Gasteiger partial charge in [-0.05, 0) is 0 Å². The van der Waals surface area contributed by atoms with E-state index >= 15 is 0 Å². The van der Waals surface area contributed by atoms with Crippen molar-refractivity contribution in [2.75, 3.05) is 13.1 Å². The van der Waals surface area contributed by atoms with Crippen LogP contribution < -0.4 is 0 Å². The van der Waals surface area contributed by atoms with E-state index in [1.165, 1.54) is 0 Å². The summed E-state index contributed by atoms with van der Waals surface area (Å²) in [5.74, 6) is -1.26. The molecule has 0 atom stereocenters. The lowest BCUT2D eigenvalue weighted by atomic mass is 9.82. The van der Waals surface area contributed by atoms with Gasteiger partial charge in [0.15, 0.2) is 5.41 Å². The van der Waals surface area contributed by atoms with Crippen molar-refractivity contribution in [3.05, 3.63) is 0 Å². The van der Waals surface area contributed by atoms with Crippen LogP contribution in [0.25, 0.3) is 0 Å². The van der Waals surface area contributed by atoms with Crippen molar-refractivity contribution in [2.45, 2.75) is 0 Å². The SMILES string of the molecule is N#CC1(C(=O)O)CN(C(=O)O)C1. The zero-order valence-electron chi connectivity index (χ0n) is 6.02. The van der Waals surface area contributed by atoms with Crippen molar-refractivity contribution in [3.63, 3.8) is 0 Å². The van der Waals surface area contributed by atoms with Gasteiger partial charge >= 0.3 is 12.1 Å². The predicted octanol–water partition coefficient (Wildman–Crippen LogP) is -0.425. The summed E-state index contributed by atoms with van der Waals surface area (Å²) in [6.07, 6.45) is -1.19. The van der Waals surface area contributed by atoms with E-state index < -0.39 is 17.5 Å². The molecule has 2 N–H and O–H groups in total. The second-order valence-electron chi connectivity index (χ2n) is 2.64. The van der Waals surface area contributed by atoms with E-state index in [2.05, 4.69) is 0 Å². The molecule has 0 bridgehead atoms. The molecule has 6 nitrogen and oxygen atoms in total. The first-order valence-electron chi connectivity index (χ1n) is 3.14. The summed E-state index contributed by atoms with van der Waals surface area (Å²) in [6.45, 7) is -0.484. The second-order valence-corrected chi connectivity index (χ2v) is 2.64. The first-order chi connectivity index (χ1) is 5.52.